The monoisotopic (exact) mass is 566 g/mol. The first kappa shape index (κ1) is 29.9. The fraction of sp³-hybridized carbons (Fsp3) is 0.923. The van der Waals surface area contributed by atoms with Crippen LogP contribution in [0.3, 0.4) is 0 Å². The summed E-state index contributed by atoms with van der Waals surface area (Å²) in [4.78, 5) is 35.0. The molecule has 0 aromatic heterocycles. The average Bonchev–Trinajstić information content (AvgIpc) is 2.37. The number of aliphatic hydroxyl groups is 1. The number of nitrogens with two attached hydrogens (primary N) is 2. The van der Waals surface area contributed by atoms with Crippen LogP contribution in [0, 0.1) is 17.8 Å². The van der Waals surface area contributed by atoms with Crippen molar-refractivity contribution in [2.24, 2.45) is 29.2 Å². The van der Waals surface area contributed by atoms with Gasteiger partial charge in [0.2, 0.25) is 0 Å². The largest absolute Gasteiger partial charge is 2.00 e. The Balaban J connectivity index is -0.000000305. The van der Waals surface area contributed by atoms with Crippen molar-refractivity contribution in [1.82, 2.24) is 4.90 Å². The first-order valence-electron chi connectivity index (χ1n) is 7.59. The number of carbonyl (C=O) groups excluding carboxylic acids is 1. The van der Waals surface area contributed by atoms with Crippen molar-refractivity contribution in [2.75, 3.05) is 40.3 Å². The maximum atomic E-state index is 10.3. The van der Waals surface area contributed by atoms with Crippen LogP contribution in [0.1, 0.15) is 19.3 Å². The number of nitrogens with zero attached hydrogens (tertiary/aromatic N) is 1. The summed E-state index contributed by atoms with van der Waals surface area (Å²) in [7, 11) is -1.19. The molecule has 12 heteroatoms. The minimum atomic E-state index is -4.89. The second kappa shape index (κ2) is 16.3. The number of aliphatic hydroxyl groups excluding tert-OH is 1. The Morgan fingerprint density at radius 2 is 1.60 bits per heavy atom. The SMILES string of the molecule is CN(C)CCC(CO)C(=O)[O-].NCC1CCC1CN.O=P([O-])(O)O.[Pt+2]. The van der Waals surface area contributed by atoms with Gasteiger partial charge in [-0.05, 0) is 64.8 Å². The predicted molar refractivity (Wildman–Crippen MR) is 85.1 cm³/mol. The van der Waals surface area contributed by atoms with Gasteiger partial charge >= 0.3 is 21.1 Å². The Morgan fingerprint density at radius 1 is 1.24 bits per heavy atom. The zero-order valence-corrected chi connectivity index (χ0v) is 17.7. The van der Waals surface area contributed by atoms with E-state index in [0.717, 1.165) is 24.9 Å². The van der Waals surface area contributed by atoms with Crippen molar-refractivity contribution < 1.29 is 55.3 Å². The van der Waals surface area contributed by atoms with E-state index in [1.807, 2.05) is 19.0 Å². The molecule has 1 aliphatic carbocycles. The summed E-state index contributed by atoms with van der Waals surface area (Å²) in [6, 6.07) is 0. The van der Waals surface area contributed by atoms with E-state index in [0.29, 0.717) is 13.0 Å². The molecule has 0 radical (unpaired) electrons. The van der Waals surface area contributed by atoms with E-state index in [4.69, 9.17) is 35.8 Å². The van der Waals surface area contributed by atoms with Crippen molar-refractivity contribution in [3.8, 4) is 0 Å². The summed E-state index contributed by atoms with van der Waals surface area (Å²) in [6.45, 7) is 1.99. The molecule has 1 rings (SSSR count). The van der Waals surface area contributed by atoms with Gasteiger partial charge in [0.25, 0.3) is 7.82 Å². The molecule has 0 spiro atoms. The van der Waals surface area contributed by atoms with Crippen LogP contribution >= 0.6 is 7.82 Å². The number of rotatable bonds is 7. The number of phosphoric acid groups is 1. The topological polar surface area (TPSA) is 196 Å². The molecule has 10 nitrogen and oxygen atoms in total. The number of hydrogen-bond donors (Lipinski definition) is 5. The summed E-state index contributed by atoms with van der Waals surface area (Å²) in [5.74, 6) is -0.397. The molecule has 1 fully saturated rings. The van der Waals surface area contributed by atoms with Crippen LogP contribution in [0.15, 0.2) is 0 Å². The molecule has 0 heterocycles. The van der Waals surface area contributed by atoms with Gasteiger partial charge in [0.05, 0.1) is 6.61 Å². The fourth-order valence-corrected chi connectivity index (χ4v) is 1.96. The van der Waals surface area contributed by atoms with E-state index >= 15 is 0 Å². The molecule has 1 saturated carbocycles. The summed E-state index contributed by atoms with van der Waals surface area (Å²) >= 11 is 0. The van der Waals surface area contributed by atoms with Gasteiger partial charge in [-0.15, -0.1) is 0 Å². The normalized spacial score (nSPS) is 20.0. The Kier molecular flexibility index (Phi) is 19.5. The van der Waals surface area contributed by atoms with Crippen LogP contribution < -0.4 is 21.5 Å². The van der Waals surface area contributed by atoms with E-state index in [1.165, 1.54) is 12.8 Å². The molecule has 3 unspecified atom stereocenters. The zero-order valence-electron chi connectivity index (χ0n) is 14.5. The van der Waals surface area contributed by atoms with E-state index in [1.54, 1.807) is 0 Å². The Bertz CT molecular complexity index is 362. The summed E-state index contributed by atoms with van der Waals surface area (Å²) in [6.07, 6.45) is 3.04. The van der Waals surface area contributed by atoms with Crippen LogP contribution in [0.25, 0.3) is 0 Å². The maximum Gasteiger partial charge on any atom is 2.00 e. The molecular weight excluding hydrogens is 536 g/mol. The molecule has 0 amide bonds. The molecule has 7 N–H and O–H groups in total. The zero-order chi connectivity index (χ0) is 19.3. The molecule has 0 aliphatic heterocycles. The van der Waals surface area contributed by atoms with Gasteiger partial charge in [-0.3, -0.25) is 4.57 Å². The van der Waals surface area contributed by atoms with E-state index in [9.17, 15) is 9.90 Å². The van der Waals surface area contributed by atoms with Crippen molar-refractivity contribution in [3.63, 3.8) is 0 Å². The van der Waals surface area contributed by atoms with Crippen LogP contribution in [-0.4, -0.2) is 66.1 Å². The van der Waals surface area contributed by atoms with Gasteiger partial charge in [-0.2, -0.15) is 0 Å². The van der Waals surface area contributed by atoms with Crippen LogP contribution in [0.4, 0.5) is 0 Å². The first-order valence-corrected chi connectivity index (χ1v) is 9.12. The second-order valence-electron chi connectivity index (χ2n) is 5.85. The summed E-state index contributed by atoms with van der Waals surface area (Å²) in [5.41, 5.74) is 10.9. The average molecular weight is 566 g/mol. The minimum absolute atomic E-state index is 0. The molecule has 0 aromatic carbocycles. The number of carbonyl (C=O) groups is 1. The molecule has 1 aliphatic rings. The number of carboxylic acid groups (broad SMARTS) is 1. The third-order valence-electron chi connectivity index (χ3n) is 3.66. The quantitative estimate of drug-likeness (QED) is 0.194. The maximum absolute atomic E-state index is 10.3. The first-order chi connectivity index (χ1) is 11.0. The van der Waals surface area contributed by atoms with E-state index < -0.39 is 19.7 Å². The third kappa shape index (κ3) is 20.3. The number of carboxylic acids is 1. The second-order valence-corrected chi connectivity index (χ2v) is 6.83. The number of aliphatic carboxylic acids is 1. The van der Waals surface area contributed by atoms with Crippen molar-refractivity contribution >= 4 is 13.8 Å². The molecule has 154 valence electrons. The van der Waals surface area contributed by atoms with Crippen molar-refractivity contribution in [3.05, 3.63) is 0 Å². The van der Waals surface area contributed by atoms with Crippen LogP contribution in [0.2, 0.25) is 0 Å². The van der Waals surface area contributed by atoms with Crippen molar-refractivity contribution in [1.29, 1.82) is 0 Å². The molecule has 25 heavy (non-hydrogen) atoms. The summed E-state index contributed by atoms with van der Waals surface area (Å²) < 4.78 is 8.77. The number of hydrogen-bond acceptors (Lipinski definition) is 8. The van der Waals surface area contributed by atoms with Crippen LogP contribution in [0.5, 0.6) is 0 Å². The molecular formula is C13H30N3O7PPt. The smallest absolute Gasteiger partial charge is 0.756 e. The Labute approximate surface area is 163 Å². The van der Waals surface area contributed by atoms with Gasteiger partial charge in [-0.1, -0.05) is 0 Å². The Morgan fingerprint density at radius 3 is 1.76 bits per heavy atom. The summed E-state index contributed by atoms with van der Waals surface area (Å²) in [5, 5.41) is 18.8. The standard InChI is InChI=1S/C7H15NO3.C6H14N2.H3O4P.Pt/c1-8(2)4-3-6(5-9)7(10)11;7-3-5-1-2-6(5)4-8;1-5(2,3)4;/h6,9H,3-5H2,1-2H3,(H,10,11);5-6H,1-4,7-8H2;(H3,1,2,3,4);/q;;;+2/p-2. The van der Waals surface area contributed by atoms with Gasteiger partial charge in [-0.25, -0.2) is 0 Å². The Hall–Kier alpha value is 0.108. The van der Waals surface area contributed by atoms with Crippen molar-refractivity contribution in [2.45, 2.75) is 19.3 Å². The van der Waals surface area contributed by atoms with E-state index in [2.05, 4.69) is 0 Å². The fourth-order valence-electron chi connectivity index (χ4n) is 1.96. The molecule has 3 atom stereocenters. The minimum Gasteiger partial charge on any atom is -0.756 e. The molecule has 0 saturated heterocycles. The van der Waals surface area contributed by atoms with Gasteiger partial charge < -0.3 is 46.1 Å². The van der Waals surface area contributed by atoms with Crippen LogP contribution in [-0.2, 0) is 30.4 Å². The van der Waals surface area contributed by atoms with Gasteiger partial charge in [0.15, 0.2) is 0 Å². The van der Waals surface area contributed by atoms with Gasteiger partial charge in [0, 0.05) is 11.9 Å². The molecule has 0 aromatic rings. The van der Waals surface area contributed by atoms with E-state index in [-0.39, 0.29) is 27.7 Å². The van der Waals surface area contributed by atoms with Gasteiger partial charge in [0.1, 0.15) is 0 Å². The third-order valence-corrected chi connectivity index (χ3v) is 3.66. The predicted octanol–water partition coefficient (Wildman–Crippen LogP) is -3.34. The molecule has 0 bridgehead atoms.